The maximum absolute atomic E-state index is 12.3. The standard InChI is InChI=1S/C26H42O3/c1-23(2)19-10-13-24(3)17-9-15-26(22(28)29)12-5-6-18(26)16(17)7-8-20(24)25(19,4)14-11-21(23)27/h16-21,27H,5-15H2,1-4H3,(H,28,29). The van der Waals surface area contributed by atoms with Gasteiger partial charge in [0.15, 0.2) is 0 Å². The lowest BCUT2D eigenvalue weighted by Crippen LogP contribution is -2.63. The number of aliphatic hydroxyl groups is 1. The molecule has 5 rings (SSSR count). The van der Waals surface area contributed by atoms with Crippen LogP contribution >= 0.6 is 0 Å². The zero-order valence-corrected chi connectivity index (χ0v) is 19.0. The second-order valence-corrected chi connectivity index (χ2v) is 12.9. The smallest absolute Gasteiger partial charge is 0.309 e. The molecule has 9 unspecified atom stereocenters. The first-order valence-electron chi connectivity index (χ1n) is 12.5. The van der Waals surface area contributed by atoms with Crippen molar-refractivity contribution in [2.75, 3.05) is 0 Å². The lowest BCUT2D eigenvalue weighted by molar-refractivity contribution is -0.216. The van der Waals surface area contributed by atoms with E-state index in [4.69, 9.17) is 0 Å². The van der Waals surface area contributed by atoms with E-state index in [2.05, 4.69) is 27.7 Å². The summed E-state index contributed by atoms with van der Waals surface area (Å²) >= 11 is 0. The fourth-order valence-electron chi connectivity index (χ4n) is 10.6. The summed E-state index contributed by atoms with van der Waals surface area (Å²) in [6.45, 7) is 9.78. The molecule has 0 aromatic carbocycles. The molecule has 3 nitrogen and oxygen atoms in total. The highest BCUT2D eigenvalue weighted by Gasteiger charge is 2.67. The van der Waals surface area contributed by atoms with E-state index in [1.54, 1.807) is 0 Å². The summed E-state index contributed by atoms with van der Waals surface area (Å²) in [7, 11) is 0. The SMILES string of the molecule is CC1(C)C(O)CCC2(C)C1CCC1(C)C3CCC4(C(=O)O)CCCC4C3CCC12. The maximum atomic E-state index is 12.3. The third-order valence-corrected chi connectivity index (χ3v) is 11.9. The fraction of sp³-hybridized carbons (Fsp3) is 0.962. The number of carboxylic acids is 1. The first kappa shape index (κ1) is 20.3. The van der Waals surface area contributed by atoms with E-state index in [1.807, 2.05) is 0 Å². The van der Waals surface area contributed by atoms with Crippen LogP contribution in [0.4, 0.5) is 0 Å². The molecule has 0 aliphatic heterocycles. The summed E-state index contributed by atoms with van der Waals surface area (Å²) in [5, 5.41) is 20.9. The number of hydrogen-bond donors (Lipinski definition) is 2. The van der Waals surface area contributed by atoms with Crippen LogP contribution in [0, 0.1) is 51.2 Å². The van der Waals surface area contributed by atoms with Crippen molar-refractivity contribution < 1.29 is 15.0 Å². The zero-order chi connectivity index (χ0) is 20.8. The minimum atomic E-state index is -0.496. The molecule has 0 heterocycles. The van der Waals surface area contributed by atoms with Gasteiger partial charge in [-0.15, -0.1) is 0 Å². The van der Waals surface area contributed by atoms with Crippen molar-refractivity contribution in [2.45, 2.75) is 104 Å². The highest BCUT2D eigenvalue weighted by Crippen LogP contribution is 2.72. The Hall–Kier alpha value is -0.570. The topological polar surface area (TPSA) is 57.5 Å². The molecular weight excluding hydrogens is 360 g/mol. The lowest BCUT2D eigenvalue weighted by atomic mass is 9.36. The number of aliphatic carboxylic acids is 1. The van der Waals surface area contributed by atoms with Crippen LogP contribution in [0.15, 0.2) is 0 Å². The van der Waals surface area contributed by atoms with Crippen LogP contribution in [0.25, 0.3) is 0 Å². The number of aliphatic hydroxyl groups excluding tert-OH is 1. The van der Waals surface area contributed by atoms with Gasteiger partial charge in [0.2, 0.25) is 0 Å². The number of rotatable bonds is 1. The molecule has 0 spiro atoms. The van der Waals surface area contributed by atoms with Gasteiger partial charge in [-0.3, -0.25) is 4.79 Å². The minimum Gasteiger partial charge on any atom is -0.481 e. The Bertz CT molecular complexity index is 700. The Kier molecular flexibility index (Phi) is 4.37. The van der Waals surface area contributed by atoms with E-state index in [0.717, 1.165) is 44.4 Å². The summed E-state index contributed by atoms with van der Waals surface area (Å²) in [4.78, 5) is 12.3. The molecule has 0 amide bonds. The molecular formula is C26H42O3. The number of carboxylic acid groups (broad SMARTS) is 1. The van der Waals surface area contributed by atoms with E-state index in [1.165, 1.54) is 32.1 Å². The van der Waals surface area contributed by atoms with Gasteiger partial charge in [0.1, 0.15) is 0 Å². The molecule has 5 fully saturated rings. The number of hydrogen-bond acceptors (Lipinski definition) is 2. The molecule has 3 heteroatoms. The van der Waals surface area contributed by atoms with E-state index in [-0.39, 0.29) is 11.5 Å². The minimum absolute atomic E-state index is 0.0155. The monoisotopic (exact) mass is 402 g/mol. The molecule has 0 saturated heterocycles. The molecule has 5 saturated carbocycles. The normalized spacial score (nSPS) is 55.9. The van der Waals surface area contributed by atoms with Crippen LogP contribution in [-0.4, -0.2) is 22.3 Å². The van der Waals surface area contributed by atoms with Crippen LogP contribution in [0.3, 0.4) is 0 Å². The summed E-state index contributed by atoms with van der Waals surface area (Å²) in [6, 6.07) is 0. The lowest BCUT2D eigenvalue weighted by Gasteiger charge is -2.69. The van der Waals surface area contributed by atoms with E-state index in [0.29, 0.717) is 34.5 Å². The Morgan fingerprint density at radius 2 is 1.48 bits per heavy atom. The van der Waals surface area contributed by atoms with Crippen molar-refractivity contribution in [3.05, 3.63) is 0 Å². The summed E-state index contributed by atoms with van der Waals surface area (Å²) in [6.07, 6.45) is 12.2. The van der Waals surface area contributed by atoms with Gasteiger partial charge in [0.25, 0.3) is 0 Å². The molecule has 0 aromatic rings. The first-order chi connectivity index (χ1) is 13.6. The molecule has 0 bridgehead atoms. The summed E-state index contributed by atoms with van der Waals surface area (Å²) < 4.78 is 0. The van der Waals surface area contributed by atoms with Crippen molar-refractivity contribution in [3.8, 4) is 0 Å². The maximum Gasteiger partial charge on any atom is 0.309 e. The second kappa shape index (κ2) is 6.24. The molecule has 9 atom stereocenters. The molecule has 5 aliphatic rings. The second-order valence-electron chi connectivity index (χ2n) is 12.9. The van der Waals surface area contributed by atoms with Gasteiger partial charge in [-0.25, -0.2) is 0 Å². The van der Waals surface area contributed by atoms with Crippen molar-refractivity contribution in [1.82, 2.24) is 0 Å². The van der Waals surface area contributed by atoms with Crippen LogP contribution in [-0.2, 0) is 4.79 Å². The van der Waals surface area contributed by atoms with Gasteiger partial charge in [-0.2, -0.15) is 0 Å². The van der Waals surface area contributed by atoms with Gasteiger partial charge >= 0.3 is 5.97 Å². The predicted octanol–water partition coefficient (Wildman–Crippen LogP) is 5.90. The highest BCUT2D eigenvalue weighted by atomic mass is 16.4. The average Bonchev–Trinajstić information content (AvgIpc) is 3.11. The van der Waals surface area contributed by atoms with Gasteiger partial charge in [0.05, 0.1) is 11.5 Å². The van der Waals surface area contributed by atoms with Crippen LogP contribution in [0.1, 0.15) is 98.3 Å². The van der Waals surface area contributed by atoms with E-state index >= 15 is 0 Å². The largest absolute Gasteiger partial charge is 0.481 e. The van der Waals surface area contributed by atoms with Crippen molar-refractivity contribution in [2.24, 2.45) is 51.2 Å². The van der Waals surface area contributed by atoms with Crippen molar-refractivity contribution in [1.29, 1.82) is 0 Å². The Morgan fingerprint density at radius 1 is 0.759 bits per heavy atom. The Morgan fingerprint density at radius 3 is 2.21 bits per heavy atom. The van der Waals surface area contributed by atoms with Crippen LogP contribution < -0.4 is 0 Å². The highest BCUT2D eigenvalue weighted by molar-refractivity contribution is 5.75. The van der Waals surface area contributed by atoms with Crippen LogP contribution in [0.5, 0.6) is 0 Å². The molecule has 0 aromatic heterocycles. The van der Waals surface area contributed by atoms with Gasteiger partial charge in [-0.1, -0.05) is 34.1 Å². The average molecular weight is 403 g/mol. The van der Waals surface area contributed by atoms with Gasteiger partial charge in [0, 0.05) is 0 Å². The van der Waals surface area contributed by atoms with Crippen molar-refractivity contribution in [3.63, 3.8) is 0 Å². The van der Waals surface area contributed by atoms with Crippen LogP contribution in [0.2, 0.25) is 0 Å². The zero-order valence-electron chi connectivity index (χ0n) is 19.0. The molecule has 0 radical (unpaired) electrons. The van der Waals surface area contributed by atoms with Gasteiger partial charge < -0.3 is 10.2 Å². The molecule has 164 valence electrons. The van der Waals surface area contributed by atoms with Gasteiger partial charge in [-0.05, 0) is 110 Å². The van der Waals surface area contributed by atoms with Crippen molar-refractivity contribution >= 4 is 5.97 Å². The van der Waals surface area contributed by atoms with E-state index in [9.17, 15) is 15.0 Å². The molecule has 2 N–H and O–H groups in total. The van der Waals surface area contributed by atoms with E-state index < -0.39 is 11.4 Å². The number of fused-ring (bicyclic) bond motifs is 7. The Labute approximate surface area is 177 Å². The predicted molar refractivity (Wildman–Crippen MR) is 114 cm³/mol. The summed E-state index contributed by atoms with van der Waals surface area (Å²) in [5.74, 6) is 2.62. The molecule has 29 heavy (non-hydrogen) atoms. The fourth-order valence-corrected chi connectivity index (χ4v) is 10.6. The first-order valence-corrected chi connectivity index (χ1v) is 12.5. The third kappa shape index (κ3) is 2.43. The molecule has 5 aliphatic carbocycles. The third-order valence-electron chi connectivity index (χ3n) is 11.9. The quantitative estimate of drug-likeness (QED) is 0.574. The summed E-state index contributed by atoms with van der Waals surface area (Å²) in [5.41, 5.74) is 0.307. The Balaban J connectivity index is 1.48. The number of carbonyl (C=O) groups is 1.